The molecule has 1 N–H and O–H groups in total. The molecule has 1 atom stereocenters. The highest BCUT2D eigenvalue weighted by Crippen LogP contribution is 2.17. The van der Waals surface area contributed by atoms with Gasteiger partial charge in [-0.25, -0.2) is 4.98 Å². The standard InChI is InChI=1S/C22H29N3O3S/c1-2-3-4-6-17-8-10-18(11-9-17)21(27)25(15-19-7-5-13-28-19)16-20(26)24-22-23-12-14-29-22/h8-12,14,19H,2-7,13,15-16H2,1H3,(H,23,24,26). The number of unbranched alkanes of at least 4 members (excludes halogenated alkanes) is 2. The molecule has 0 radical (unpaired) electrons. The summed E-state index contributed by atoms with van der Waals surface area (Å²) in [4.78, 5) is 31.2. The Morgan fingerprint density at radius 1 is 1.28 bits per heavy atom. The van der Waals surface area contributed by atoms with Gasteiger partial charge in [0.15, 0.2) is 5.13 Å². The summed E-state index contributed by atoms with van der Waals surface area (Å²) in [6, 6.07) is 7.77. The summed E-state index contributed by atoms with van der Waals surface area (Å²) in [5, 5.41) is 5.09. The molecule has 1 unspecified atom stereocenters. The van der Waals surface area contributed by atoms with E-state index in [4.69, 9.17) is 4.74 Å². The van der Waals surface area contributed by atoms with Crippen LogP contribution in [0.15, 0.2) is 35.8 Å². The van der Waals surface area contributed by atoms with Gasteiger partial charge in [0.2, 0.25) is 5.91 Å². The molecule has 0 bridgehead atoms. The summed E-state index contributed by atoms with van der Waals surface area (Å²) in [5.74, 6) is -0.391. The van der Waals surface area contributed by atoms with E-state index in [9.17, 15) is 9.59 Å². The van der Waals surface area contributed by atoms with Crippen LogP contribution in [0.3, 0.4) is 0 Å². The van der Waals surface area contributed by atoms with Gasteiger partial charge in [-0.1, -0.05) is 31.9 Å². The van der Waals surface area contributed by atoms with Crippen molar-refractivity contribution < 1.29 is 14.3 Å². The molecule has 156 valence electrons. The number of hydrogen-bond donors (Lipinski definition) is 1. The monoisotopic (exact) mass is 415 g/mol. The third-order valence-electron chi connectivity index (χ3n) is 5.02. The van der Waals surface area contributed by atoms with Crippen molar-refractivity contribution in [1.29, 1.82) is 0 Å². The van der Waals surface area contributed by atoms with Gasteiger partial charge in [-0.3, -0.25) is 9.59 Å². The van der Waals surface area contributed by atoms with Crippen molar-refractivity contribution in [3.63, 3.8) is 0 Å². The molecule has 7 heteroatoms. The predicted molar refractivity (Wildman–Crippen MR) is 115 cm³/mol. The molecule has 1 fully saturated rings. The van der Waals surface area contributed by atoms with Crippen LogP contribution >= 0.6 is 11.3 Å². The molecule has 3 rings (SSSR count). The van der Waals surface area contributed by atoms with Gasteiger partial charge in [-0.05, 0) is 43.4 Å². The maximum atomic E-state index is 13.1. The van der Waals surface area contributed by atoms with Crippen molar-refractivity contribution in [2.45, 2.75) is 51.6 Å². The number of benzene rings is 1. The van der Waals surface area contributed by atoms with Crippen LogP contribution < -0.4 is 5.32 Å². The Kier molecular flexibility index (Phi) is 8.19. The Morgan fingerprint density at radius 2 is 2.10 bits per heavy atom. The number of thiazole rings is 1. The lowest BCUT2D eigenvalue weighted by Crippen LogP contribution is -2.42. The molecule has 29 heavy (non-hydrogen) atoms. The van der Waals surface area contributed by atoms with E-state index in [1.165, 1.54) is 29.7 Å². The summed E-state index contributed by atoms with van der Waals surface area (Å²) < 4.78 is 5.70. The second kappa shape index (κ2) is 11.1. The minimum Gasteiger partial charge on any atom is -0.376 e. The van der Waals surface area contributed by atoms with Crippen molar-refractivity contribution in [3.05, 3.63) is 47.0 Å². The van der Waals surface area contributed by atoms with Crippen molar-refractivity contribution >= 4 is 28.3 Å². The van der Waals surface area contributed by atoms with E-state index in [1.54, 1.807) is 16.5 Å². The number of anilines is 1. The fourth-order valence-corrected chi connectivity index (χ4v) is 3.99. The second-order valence-corrected chi connectivity index (χ2v) is 8.25. The molecule has 0 aliphatic carbocycles. The lowest BCUT2D eigenvalue weighted by Gasteiger charge is -2.25. The number of amides is 2. The number of nitrogens with zero attached hydrogens (tertiary/aromatic N) is 2. The number of aromatic nitrogens is 1. The first-order chi connectivity index (χ1) is 14.2. The van der Waals surface area contributed by atoms with Gasteiger partial charge >= 0.3 is 0 Å². The zero-order chi connectivity index (χ0) is 20.5. The number of ether oxygens (including phenoxy) is 1. The fourth-order valence-electron chi connectivity index (χ4n) is 3.45. The highest BCUT2D eigenvalue weighted by molar-refractivity contribution is 7.13. The van der Waals surface area contributed by atoms with Gasteiger partial charge < -0.3 is 15.0 Å². The van der Waals surface area contributed by atoms with Crippen LogP contribution in [0.25, 0.3) is 0 Å². The first-order valence-electron chi connectivity index (χ1n) is 10.3. The van der Waals surface area contributed by atoms with E-state index in [1.807, 2.05) is 24.3 Å². The summed E-state index contributed by atoms with van der Waals surface area (Å²) in [7, 11) is 0. The Hall–Kier alpha value is -2.25. The van der Waals surface area contributed by atoms with Crippen LogP contribution in [0.1, 0.15) is 54.9 Å². The molecule has 2 aromatic rings. The normalized spacial score (nSPS) is 16.0. The second-order valence-electron chi connectivity index (χ2n) is 7.36. The number of carbonyl (C=O) groups is 2. The molecule has 1 aliphatic heterocycles. The molecule has 0 spiro atoms. The Bertz CT molecular complexity index is 771. The van der Waals surface area contributed by atoms with E-state index in [2.05, 4.69) is 17.2 Å². The number of rotatable bonds is 10. The molecule has 0 saturated carbocycles. The smallest absolute Gasteiger partial charge is 0.254 e. The van der Waals surface area contributed by atoms with E-state index < -0.39 is 0 Å². The molecule has 2 heterocycles. The third kappa shape index (κ3) is 6.65. The summed E-state index contributed by atoms with van der Waals surface area (Å²) in [5.41, 5.74) is 1.84. The van der Waals surface area contributed by atoms with Crippen LogP contribution in [0.4, 0.5) is 5.13 Å². The summed E-state index contributed by atoms with van der Waals surface area (Å²) in [6.07, 6.45) is 8.11. The summed E-state index contributed by atoms with van der Waals surface area (Å²) >= 11 is 1.35. The first-order valence-corrected chi connectivity index (χ1v) is 11.2. The average Bonchev–Trinajstić information content (AvgIpc) is 3.42. The lowest BCUT2D eigenvalue weighted by atomic mass is 10.0. The highest BCUT2D eigenvalue weighted by atomic mass is 32.1. The van der Waals surface area contributed by atoms with Gasteiger partial charge in [-0.15, -0.1) is 11.3 Å². The van der Waals surface area contributed by atoms with Gasteiger partial charge in [0.25, 0.3) is 5.91 Å². The number of hydrogen-bond acceptors (Lipinski definition) is 5. The maximum absolute atomic E-state index is 13.1. The molecule has 1 aromatic carbocycles. The fraction of sp³-hybridized carbons (Fsp3) is 0.500. The van der Waals surface area contributed by atoms with Crippen molar-refractivity contribution in [2.75, 3.05) is 25.0 Å². The highest BCUT2D eigenvalue weighted by Gasteiger charge is 2.25. The first kappa shape index (κ1) is 21.5. The van der Waals surface area contributed by atoms with Crippen molar-refractivity contribution in [1.82, 2.24) is 9.88 Å². The Balaban J connectivity index is 1.65. The average molecular weight is 416 g/mol. The van der Waals surface area contributed by atoms with Crippen LogP contribution in [0, 0.1) is 0 Å². The number of carbonyl (C=O) groups excluding carboxylic acids is 2. The minimum absolute atomic E-state index is 0.0140. The maximum Gasteiger partial charge on any atom is 0.254 e. The number of nitrogens with one attached hydrogen (secondary N) is 1. The van der Waals surface area contributed by atoms with E-state index in [0.717, 1.165) is 25.7 Å². The van der Waals surface area contributed by atoms with Crippen LogP contribution in [0.5, 0.6) is 0 Å². The van der Waals surface area contributed by atoms with Crippen molar-refractivity contribution in [3.8, 4) is 0 Å². The van der Waals surface area contributed by atoms with Crippen LogP contribution in [0.2, 0.25) is 0 Å². The van der Waals surface area contributed by atoms with Crippen LogP contribution in [-0.4, -0.2) is 47.5 Å². The number of aryl methyl sites for hydroxylation is 1. The minimum atomic E-state index is -0.248. The van der Waals surface area contributed by atoms with E-state index >= 15 is 0 Å². The summed E-state index contributed by atoms with van der Waals surface area (Å²) in [6.45, 7) is 3.30. The zero-order valence-electron chi connectivity index (χ0n) is 16.9. The van der Waals surface area contributed by atoms with Gasteiger partial charge in [0.1, 0.15) is 6.54 Å². The molecular formula is C22H29N3O3S. The molecule has 1 aliphatic rings. The SMILES string of the molecule is CCCCCc1ccc(C(=O)N(CC(=O)Nc2nccs2)CC2CCCO2)cc1. The zero-order valence-corrected chi connectivity index (χ0v) is 17.7. The lowest BCUT2D eigenvalue weighted by molar-refractivity contribution is -0.117. The van der Waals surface area contributed by atoms with Crippen LogP contribution in [-0.2, 0) is 16.0 Å². The predicted octanol–water partition coefficient (Wildman–Crippen LogP) is 4.14. The van der Waals surface area contributed by atoms with Gasteiger partial charge in [0, 0.05) is 30.3 Å². The molecule has 2 amide bonds. The van der Waals surface area contributed by atoms with Crippen molar-refractivity contribution in [2.24, 2.45) is 0 Å². The van der Waals surface area contributed by atoms with Gasteiger partial charge in [-0.2, -0.15) is 0 Å². The van der Waals surface area contributed by atoms with Gasteiger partial charge in [0.05, 0.1) is 6.10 Å². The molecule has 1 aromatic heterocycles. The Morgan fingerprint density at radius 3 is 2.76 bits per heavy atom. The molecule has 6 nitrogen and oxygen atoms in total. The molecule has 1 saturated heterocycles. The van der Waals surface area contributed by atoms with E-state index in [0.29, 0.717) is 23.8 Å². The third-order valence-corrected chi connectivity index (χ3v) is 5.71. The quantitative estimate of drug-likeness (QED) is 0.592. The largest absolute Gasteiger partial charge is 0.376 e. The Labute approximate surface area is 176 Å². The topological polar surface area (TPSA) is 71.5 Å². The molecular weight excluding hydrogens is 386 g/mol. The van der Waals surface area contributed by atoms with E-state index in [-0.39, 0.29) is 24.5 Å².